The van der Waals surface area contributed by atoms with Crippen molar-refractivity contribution >= 4 is 42.7 Å². The molecule has 9 heteroatoms. The molecule has 0 radical (unpaired) electrons. The topological polar surface area (TPSA) is 62.1 Å². The van der Waals surface area contributed by atoms with Gasteiger partial charge in [0, 0.05) is 5.92 Å². The van der Waals surface area contributed by atoms with E-state index < -0.39 is 13.2 Å². The van der Waals surface area contributed by atoms with E-state index in [1.165, 1.54) is 6.33 Å². The average Bonchev–Trinajstić information content (AvgIpc) is 3.06. The molecule has 0 bridgehead atoms. The van der Waals surface area contributed by atoms with E-state index in [1.807, 2.05) is 4.57 Å². The second-order valence-corrected chi connectivity index (χ2v) is 15.0. The zero-order valence-corrected chi connectivity index (χ0v) is 18.9. The SMILES string of the molecule is CC(C)(C)[Si](C)(C)OC[C@H]1O[C@H](n2cnc3c(Cl)ncnc32)[C@]2(Cl)CC[C@H]12. The number of hydrogen-bond acceptors (Lipinski definition) is 5. The first kappa shape index (κ1) is 19.6. The zero-order chi connectivity index (χ0) is 19.6. The molecule has 2 fully saturated rings. The van der Waals surface area contributed by atoms with Crippen LogP contribution in [0.4, 0.5) is 0 Å². The summed E-state index contributed by atoms with van der Waals surface area (Å²) in [7, 11) is -1.84. The van der Waals surface area contributed by atoms with Gasteiger partial charge in [-0.25, -0.2) is 15.0 Å². The summed E-state index contributed by atoms with van der Waals surface area (Å²) in [5.41, 5.74) is 1.22. The maximum Gasteiger partial charge on any atom is 0.192 e. The van der Waals surface area contributed by atoms with Crippen LogP contribution >= 0.6 is 23.2 Å². The third-order valence-corrected chi connectivity index (χ3v) is 12.0. The van der Waals surface area contributed by atoms with E-state index in [4.69, 9.17) is 32.4 Å². The summed E-state index contributed by atoms with van der Waals surface area (Å²) in [5.74, 6) is 0.267. The number of halogens is 2. The number of imidazole rings is 1. The lowest BCUT2D eigenvalue weighted by Gasteiger charge is -2.43. The van der Waals surface area contributed by atoms with Crippen LogP contribution in [0.1, 0.15) is 39.8 Å². The van der Waals surface area contributed by atoms with E-state index >= 15 is 0 Å². The molecule has 1 aliphatic heterocycles. The van der Waals surface area contributed by atoms with Crippen LogP contribution in [0.5, 0.6) is 0 Å². The third kappa shape index (κ3) is 3.02. The van der Waals surface area contributed by atoms with Crippen LogP contribution in [0, 0.1) is 5.92 Å². The van der Waals surface area contributed by atoms with Crippen LogP contribution in [0.2, 0.25) is 23.3 Å². The molecule has 6 nitrogen and oxygen atoms in total. The molecular formula is C18H26Cl2N4O2Si. The Kier molecular flexibility index (Phi) is 4.63. The lowest BCUT2D eigenvalue weighted by atomic mass is 9.71. The van der Waals surface area contributed by atoms with Gasteiger partial charge < -0.3 is 9.16 Å². The number of fused-ring (bicyclic) bond motifs is 2. The summed E-state index contributed by atoms with van der Waals surface area (Å²) in [6.07, 6.45) is 4.74. The first-order valence-electron chi connectivity index (χ1n) is 9.36. The van der Waals surface area contributed by atoms with Crippen LogP contribution in [-0.2, 0) is 9.16 Å². The minimum Gasteiger partial charge on any atom is -0.414 e. The van der Waals surface area contributed by atoms with E-state index in [1.54, 1.807) is 6.33 Å². The van der Waals surface area contributed by atoms with Crippen molar-refractivity contribution in [3.63, 3.8) is 0 Å². The molecule has 27 heavy (non-hydrogen) atoms. The van der Waals surface area contributed by atoms with Gasteiger partial charge in [0.1, 0.15) is 11.8 Å². The Hall–Kier alpha value is -0.733. The molecule has 0 unspecified atom stereocenters. The van der Waals surface area contributed by atoms with E-state index in [2.05, 4.69) is 48.8 Å². The Balaban J connectivity index is 1.58. The first-order valence-corrected chi connectivity index (χ1v) is 13.0. The summed E-state index contributed by atoms with van der Waals surface area (Å²) >= 11 is 13.2. The molecule has 148 valence electrons. The molecule has 4 atom stereocenters. The van der Waals surface area contributed by atoms with Crippen molar-refractivity contribution in [1.29, 1.82) is 0 Å². The number of rotatable bonds is 4. The molecule has 0 aromatic carbocycles. The van der Waals surface area contributed by atoms with Gasteiger partial charge in [0.25, 0.3) is 0 Å². The number of aromatic nitrogens is 4. The summed E-state index contributed by atoms with van der Waals surface area (Å²) in [6.45, 7) is 11.8. The lowest BCUT2D eigenvalue weighted by Crippen LogP contribution is -2.48. The Morgan fingerprint density at radius 3 is 2.70 bits per heavy atom. The highest BCUT2D eigenvalue weighted by Gasteiger charge is 2.62. The molecule has 0 amide bonds. The second kappa shape index (κ2) is 6.39. The Bertz CT molecular complexity index is 869. The minimum atomic E-state index is -1.84. The monoisotopic (exact) mass is 428 g/mol. The normalized spacial score (nSPS) is 31.1. The molecule has 2 aromatic rings. The van der Waals surface area contributed by atoms with E-state index in [0.29, 0.717) is 22.9 Å². The van der Waals surface area contributed by atoms with Gasteiger partial charge in [-0.05, 0) is 31.0 Å². The summed E-state index contributed by atoms with van der Waals surface area (Å²) in [5, 5.41) is 0.500. The van der Waals surface area contributed by atoms with Crippen molar-refractivity contribution in [2.24, 2.45) is 5.92 Å². The van der Waals surface area contributed by atoms with Crippen LogP contribution in [0.3, 0.4) is 0 Å². The predicted octanol–water partition coefficient (Wildman–Crippen LogP) is 4.79. The van der Waals surface area contributed by atoms with Crippen molar-refractivity contribution in [3.05, 3.63) is 17.8 Å². The number of hydrogen-bond donors (Lipinski definition) is 0. The van der Waals surface area contributed by atoms with E-state index in [0.717, 1.165) is 12.8 Å². The first-order chi connectivity index (χ1) is 12.5. The fraction of sp³-hybridized carbons (Fsp3) is 0.722. The van der Waals surface area contributed by atoms with E-state index in [9.17, 15) is 0 Å². The van der Waals surface area contributed by atoms with Crippen molar-refractivity contribution in [3.8, 4) is 0 Å². The maximum atomic E-state index is 7.04. The molecule has 1 aliphatic carbocycles. The Labute approximate surface area is 170 Å². The molecule has 0 spiro atoms. The fourth-order valence-electron chi connectivity index (χ4n) is 3.72. The number of nitrogens with zero attached hydrogens (tertiary/aromatic N) is 4. The minimum absolute atomic E-state index is 0.0230. The van der Waals surface area contributed by atoms with Gasteiger partial charge in [-0.2, -0.15) is 0 Å². The predicted molar refractivity (Wildman–Crippen MR) is 109 cm³/mol. The van der Waals surface area contributed by atoms with Gasteiger partial charge in [0.15, 0.2) is 25.3 Å². The summed E-state index contributed by atoms with van der Waals surface area (Å²) in [4.78, 5) is 12.3. The van der Waals surface area contributed by atoms with Crippen molar-refractivity contribution in [2.75, 3.05) is 6.61 Å². The number of alkyl halides is 1. The highest BCUT2D eigenvalue weighted by molar-refractivity contribution is 6.74. The summed E-state index contributed by atoms with van der Waals surface area (Å²) in [6, 6.07) is 0. The smallest absolute Gasteiger partial charge is 0.192 e. The van der Waals surface area contributed by atoms with Crippen molar-refractivity contribution < 1.29 is 9.16 Å². The summed E-state index contributed by atoms with van der Waals surface area (Å²) < 4.78 is 14.8. The van der Waals surface area contributed by atoms with Crippen LogP contribution < -0.4 is 0 Å². The molecule has 1 saturated heterocycles. The van der Waals surface area contributed by atoms with Gasteiger partial charge >= 0.3 is 0 Å². The van der Waals surface area contributed by atoms with Gasteiger partial charge in [0.2, 0.25) is 0 Å². The van der Waals surface area contributed by atoms with Crippen molar-refractivity contribution in [2.45, 2.75) is 69.0 Å². The maximum absolute atomic E-state index is 7.04. The average molecular weight is 429 g/mol. The zero-order valence-electron chi connectivity index (χ0n) is 16.4. The highest BCUT2D eigenvalue weighted by Crippen LogP contribution is 2.59. The van der Waals surface area contributed by atoms with E-state index in [-0.39, 0.29) is 23.3 Å². The molecule has 1 saturated carbocycles. The van der Waals surface area contributed by atoms with Crippen LogP contribution in [0.15, 0.2) is 12.7 Å². The van der Waals surface area contributed by atoms with Gasteiger partial charge in [-0.15, -0.1) is 11.6 Å². The van der Waals surface area contributed by atoms with Gasteiger partial charge in [-0.3, -0.25) is 4.57 Å². The second-order valence-electron chi connectivity index (χ2n) is 9.16. The van der Waals surface area contributed by atoms with Gasteiger partial charge in [0.05, 0.1) is 23.9 Å². The third-order valence-electron chi connectivity index (χ3n) is 6.60. The molecule has 3 heterocycles. The highest BCUT2D eigenvalue weighted by atomic mass is 35.5. The van der Waals surface area contributed by atoms with Crippen molar-refractivity contribution in [1.82, 2.24) is 19.5 Å². The molecule has 2 aromatic heterocycles. The molecular weight excluding hydrogens is 403 g/mol. The standard InChI is InChI=1S/C18H26Cl2N4O2Si/c1-17(2,3)27(4,5)25-8-12-11-6-7-18(11,20)16(26-12)24-10-23-13-14(19)21-9-22-15(13)24/h9-12,16H,6-8H2,1-5H3/t11-,12-,16+,18+/m1/s1. The largest absolute Gasteiger partial charge is 0.414 e. The molecule has 0 N–H and O–H groups in total. The van der Waals surface area contributed by atoms with Gasteiger partial charge in [-0.1, -0.05) is 32.4 Å². The lowest BCUT2D eigenvalue weighted by molar-refractivity contribution is -0.0257. The quantitative estimate of drug-likeness (QED) is 0.397. The Morgan fingerprint density at radius 2 is 2.07 bits per heavy atom. The van der Waals surface area contributed by atoms with Crippen LogP contribution in [-0.4, -0.2) is 45.4 Å². The van der Waals surface area contributed by atoms with Crippen LogP contribution in [0.25, 0.3) is 11.2 Å². The molecule has 2 aliphatic rings. The Morgan fingerprint density at radius 1 is 1.33 bits per heavy atom. The molecule has 4 rings (SSSR count). The fourth-order valence-corrected chi connectivity index (χ4v) is 5.42. The number of ether oxygens (including phenoxy) is 1.